The van der Waals surface area contributed by atoms with Crippen molar-refractivity contribution in [1.82, 2.24) is 14.3 Å². The van der Waals surface area contributed by atoms with Gasteiger partial charge < -0.3 is 10.1 Å². The van der Waals surface area contributed by atoms with E-state index in [0.717, 1.165) is 42.6 Å². The first-order valence-corrected chi connectivity index (χ1v) is 12.9. The molecule has 0 aliphatic heterocycles. The second kappa shape index (κ2) is 13.4. The number of anilines is 1. The van der Waals surface area contributed by atoms with E-state index in [1.807, 2.05) is 38.1 Å². The SMILES string of the molecule is CCCCCCCn1c(=O)c(NCCc2cccc(SC(C)(C)C(=O)OCC)c2)nn(C)c1=O. The Kier molecular flexibility index (Phi) is 10.9. The minimum Gasteiger partial charge on any atom is -0.465 e. The molecule has 2 rings (SSSR count). The molecule has 9 heteroatoms. The highest BCUT2D eigenvalue weighted by atomic mass is 32.2. The van der Waals surface area contributed by atoms with Crippen LogP contribution in [0.4, 0.5) is 5.82 Å². The van der Waals surface area contributed by atoms with Gasteiger partial charge in [0.2, 0.25) is 5.82 Å². The zero-order chi connectivity index (χ0) is 25.1. The van der Waals surface area contributed by atoms with Gasteiger partial charge in [-0.1, -0.05) is 44.7 Å². The van der Waals surface area contributed by atoms with Crippen LogP contribution in [0.25, 0.3) is 0 Å². The number of hydrogen-bond donors (Lipinski definition) is 1. The predicted molar refractivity (Wildman–Crippen MR) is 138 cm³/mol. The van der Waals surface area contributed by atoms with Gasteiger partial charge in [0.1, 0.15) is 4.75 Å². The van der Waals surface area contributed by atoms with Gasteiger partial charge in [-0.05, 0) is 51.3 Å². The zero-order valence-corrected chi connectivity index (χ0v) is 21.9. The molecule has 0 spiro atoms. The summed E-state index contributed by atoms with van der Waals surface area (Å²) in [7, 11) is 1.56. The molecule has 1 aromatic heterocycles. The normalized spacial score (nSPS) is 11.4. The number of rotatable bonds is 14. The average Bonchev–Trinajstić information content (AvgIpc) is 2.79. The van der Waals surface area contributed by atoms with Crippen LogP contribution < -0.4 is 16.6 Å². The number of aromatic nitrogens is 3. The number of unbranched alkanes of at least 4 members (excludes halogenated alkanes) is 4. The average molecular weight is 491 g/mol. The summed E-state index contributed by atoms with van der Waals surface area (Å²) >= 11 is 1.46. The number of ether oxygens (including phenoxy) is 1. The summed E-state index contributed by atoms with van der Waals surface area (Å²) in [6, 6.07) is 7.97. The van der Waals surface area contributed by atoms with E-state index in [-0.39, 0.29) is 23.0 Å². The lowest BCUT2D eigenvalue weighted by molar-refractivity contribution is -0.145. The van der Waals surface area contributed by atoms with Crippen LogP contribution in [0.15, 0.2) is 38.8 Å². The lowest BCUT2D eigenvalue weighted by Gasteiger charge is -2.21. The predicted octanol–water partition coefficient (Wildman–Crippen LogP) is 4.00. The number of thioether (sulfide) groups is 1. The molecule has 188 valence electrons. The first-order valence-electron chi connectivity index (χ1n) is 12.1. The Bertz CT molecular complexity index is 1060. The molecule has 0 atom stereocenters. The molecule has 8 nitrogen and oxygen atoms in total. The first kappa shape index (κ1) is 27.7. The van der Waals surface area contributed by atoms with E-state index in [4.69, 9.17) is 4.74 Å². The number of benzene rings is 1. The van der Waals surface area contributed by atoms with Crippen molar-refractivity contribution in [3.8, 4) is 0 Å². The molecule has 0 aliphatic carbocycles. The number of hydrogen-bond acceptors (Lipinski definition) is 7. The first-order chi connectivity index (χ1) is 16.2. The van der Waals surface area contributed by atoms with Crippen molar-refractivity contribution in [3.63, 3.8) is 0 Å². The largest absolute Gasteiger partial charge is 0.465 e. The maximum absolute atomic E-state index is 12.8. The van der Waals surface area contributed by atoms with Gasteiger partial charge in [0.05, 0.1) is 6.61 Å². The van der Waals surface area contributed by atoms with Gasteiger partial charge in [-0.3, -0.25) is 14.2 Å². The van der Waals surface area contributed by atoms with Crippen LogP contribution in [0.3, 0.4) is 0 Å². The third-order valence-corrected chi connectivity index (χ3v) is 6.60. The molecular weight excluding hydrogens is 452 g/mol. The highest BCUT2D eigenvalue weighted by molar-refractivity contribution is 8.01. The lowest BCUT2D eigenvalue weighted by atomic mass is 10.1. The van der Waals surface area contributed by atoms with Crippen LogP contribution in [-0.2, 0) is 29.5 Å². The molecule has 34 heavy (non-hydrogen) atoms. The minimum atomic E-state index is -0.687. The van der Waals surface area contributed by atoms with E-state index in [9.17, 15) is 14.4 Å². The van der Waals surface area contributed by atoms with E-state index < -0.39 is 4.75 Å². The second-order valence-electron chi connectivity index (χ2n) is 8.78. The van der Waals surface area contributed by atoms with Crippen molar-refractivity contribution in [2.45, 2.75) is 82.4 Å². The van der Waals surface area contributed by atoms with Gasteiger partial charge in [0, 0.05) is 25.0 Å². The van der Waals surface area contributed by atoms with Gasteiger partial charge in [0.15, 0.2) is 0 Å². The fraction of sp³-hybridized carbons (Fsp3) is 0.600. The molecule has 2 aromatic rings. The summed E-state index contributed by atoms with van der Waals surface area (Å²) in [5.74, 6) is -0.0564. The fourth-order valence-corrected chi connectivity index (χ4v) is 4.63. The third kappa shape index (κ3) is 8.04. The maximum Gasteiger partial charge on any atom is 0.347 e. The summed E-state index contributed by atoms with van der Waals surface area (Å²) in [4.78, 5) is 38.4. The topological polar surface area (TPSA) is 95.2 Å². The van der Waals surface area contributed by atoms with E-state index in [0.29, 0.717) is 26.1 Å². The second-order valence-corrected chi connectivity index (χ2v) is 10.5. The standard InChI is InChI=1S/C25H38N4O4S/c1-6-8-9-10-11-17-29-22(30)21(27-28(5)24(29)32)26-16-15-19-13-12-14-20(18-19)34-25(3,4)23(31)33-7-2/h12-14,18H,6-11,15-17H2,1-5H3,(H,26,27). The highest BCUT2D eigenvalue weighted by Gasteiger charge is 2.30. The number of nitrogens with zero attached hydrogens (tertiary/aromatic N) is 3. The number of carbonyl (C=O) groups excluding carboxylic acids is 1. The van der Waals surface area contributed by atoms with E-state index in [1.165, 1.54) is 21.0 Å². The third-order valence-electron chi connectivity index (χ3n) is 5.44. The Morgan fingerprint density at radius 2 is 1.88 bits per heavy atom. The Balaban J connectivity index is 2.01. The summed E-state index contributed by atoms with van der Waals surface area (Å²) in [5.41, 5.74) is 0.303. The monoisotopic (exact) mass is 490 g/mol. The quantitative estimate of drug-likeness (QED) is 0.243. The summed E-state index contributed by atoms with van der Waals surface area (Å²) in [6.45, 7) is 8.91. The van der Waals surface area contributed by atoms with E-state index >= 15 is 0 Å². The number of esters is 1. The van der Waals surface area contributed by atoms with Gasteiger partial charge in [-0.25, -0.2) is 9.48 Å². The fourth-order valence-electron chi connectivity index (χ4n) is 3.54. The number of nitrogens with one attached hydrogen (secondary N) is 1. The lowest BCUT2D eigenvalue weighted by Crippen LogP contribution is -2.42. The van der Waals surface area contributed by atoms with E-state index in [2.05, 4.69) is 17.3 Å². The Morgan fingerprint density at radius 3 is 2.59 bits per heavy atom. The molecule has 0 aliphatic rings. The van der Waals surface area contributed by atoms with Crippen molar-refractivity contribution in [2.24, 2.45) is 7.05 Å². The van der Waals surface area contributed by atoms with Crippen molar-refractivity contribution >= 4 is 23.5 Å². The molecule has 0 unspecified atom stereocenters. The minimum absolute atomic E-state index is 0.185. The van der Waals surface area contributed by atoms with Crippen LogP contribution in [0, 0.1) is 0 Å². The van der Waals surface area contributed by atoms with Gasteiger partial charge in [-0.15, -0.1) is 16.9 Å². The smallest absolute Gasteiger partial charge is 0.347 e. The molecule has 0 saturated heterocycles. The van der Waals surface area contributed by atoms with Crippen LogP contribution >= 0.6 is 11.8 Å². The molecule has 1 aromatic carbocycles. The van der Waals surface area contributed by atoms with Crippen LogP contribution in [0.5, 0.6) is 0 Å². The molecule has 0 saturated carbocycles. The van der Waals surface area contributed by atoms with Crippen molar-refractivity contribution in [2.75, 3.05) is 18.5 Å². The van der Waals surface area contributed by atoms with Crippen molar-refractivity contribution in [1.29, 1.82) is 0 Å². The molecule has 0 fully saturated rings. The molecule has 1 N–H and O–H groups in total. The molecule has 0 amide bonds. The molecule has 0 radical (unpaired) electrons. The molecule has 1 heterocycles. The summed E-state index contributed by atoms with van der Waals surface area (Å²) in [6.07, 6.45) is 5.87. The van der Waals surface area contributed by atoms with Gasteiger partial charge >= 0.3 is 11.7 Å². The Hall–Kier alpha value is -2.55. The van der Waals surface area contributed by atoms with Gasteiger partial charge in [-0.2, -0.15) is 0 Å². The number of aryl methyl sites for hydroxylation is 1. The van der Waals surface area contributed by atoms with Crippen LogP contribution in [0.1, 0.15) is 65.4 Å². The van der Waals surface area contributed by atoms with Crippen LogP contribution in [0.2, 0.25) is 0 Å². The van der Waals surface area contributed by atoms with Crippen LogP contribution in [-0.4, -0.2) is 38.2 Å². The zero-order valence-electron chi connectivity index (χ0n) is 21.1. The van der Waals surface area contributed by atoms with Gasteiger partial charge in [0.25, 0.3) is 5.56 Å². The Morgan fingerprint density at radius 1 is 1.15 bits per heavy atom. The summed E-state index contributed by atoms with van der Waals surface area (Å²) in [5, 5.41) is 7.23. The maximum atomic E-state index is 12.8. The van der Waals surface area contributed by atoms with Crippen molar-refractivity contribution in [3.05, 3.63) is 50.7 Å². The number of carbonyl (C=O) groups is 1. The molecular formula is C25H38N4O4S. The van der Waals surface area contributed by atoms with E-state index in [1.54, 1.807) is 14.0 Å². The summed E-state index contributed by atoms with van der Waals surface area (Å²) < 4.78 is 6.97. The Labute approximate surface area is 206 Å². The molecule has 0 bridgehead atoms. The van der Waals surface area contributed by atoms with Crippen molar-refractivity contribution < 1.29 is 9.53 Å². The highest BCUT2D eigenvalue weighted by Crippen LogP contribution is 2.34.